The van der Waals surface area contributed by atoms with Crippen molar-refractivity contribution in [3.05, 3.63) is 59.7 Å². The van der Waals surface area contributed by atoms with Gasteiger partial charge in [0.15, 0.2) is 6.61 Å². The number of rotatable bonds is 4. The molecule has 1 aliphatic rings. The highest BCUT2D eigenvalue weighted by Crippen LogP contribution is 2.38. The van der Waals surface area contributed by atoms with Crippen molar-refractivity contribution in [2.75, 3.05) is 18.1 Å². The summed E-state index contributed by atoms with van der Waals surface area (Å²) in [5, 5.41) is 0. The molecule has 0 radical (unpaired) electrons. The maximum atomic E-state index is 12.7. The molecular formula is C19H17F6NO. The van der Waals surface area contributed by atoms with E-state index in [-0.39, 0.29) is 11.8 Å². The smallest absolute Gasteiger partial charge is 0.422 e. The summed E-state index contributed by atoms with van der Waals surface area (Å²) >= 11 is 0. The summed E-state index contributed by atoms with van der Waals surface area (Å²) in [4.78, 5) is 1.96. The average Bonchev–Trinajstić information content (AvgIpc) is 3.09. The first-order valence-electron chi connectivity index (χ1n) is 8.37. The standard InChI is InChI=1S/C19H17F6NO/c20-18(21,22)12-27-16-4-1-3-13(11-16)17-5-2-10-26(17)15-8-6-14(7-9-15)19(23,24)25/h1,3-4,6-9,11,17H,2,5,10,12H2/t17-/m1/s1. The molecule has 0 spiro atoms. The molecule has 1 heterocycles. The van der Waals surface area contributed by atoms with Crippen LogP contribution < -0.4 is 9.64 Å². The molecule has 0 amide bonds. The van der Waals surface area contributed by atoms with Crippen LogP contribution in [0.15, 0.2) is 48.5 Å². The lowest BCUT2D eigenvalue weighted by Gasteiger charge is -2.28. The lowest BCUT2D eigenvalue weighted by atomic mass is 10.0. The molecule has 1 saturated heterocycles. The second-order valence-corrected chi connectivity index (χ2v) is 6.37. The largest absolute Gasteiger partial charge is 0.484 e. The zero-order valence-corrected chi connectivity index (χ0v) is 14.1. The highest BCUT2D eigenvalue weighted by molar-refractivity contribution is 5.52. The molecule has 27 heavy (non-hydrogen) atoms. The Morgan fingerprint density at radius 2 is 1.67 bits per heavy atom. The highest BCUT2D eigenvalue weighted by atomic mass is 19.4. The number of hydrogen-bond donors (Lipinski definition) is 0. The maximum Gasteiger partial charge on any atom is 0.422 e. The number of anilines is 1. The normalized spacial score (nSPS) is 18.0. The SMILES string of the molecule is FC(F)(F)COc1cccc([C@H]2CCCN2c2ccc(C(F)(F)F)cc2)c1. The fraction of sp³-hybridized carbons (Fsp3) is 0.368. The molecule has 0 saturated carbocycles. The molecule has 2 aromatic rings. The van der Waals surface area contributed by atoms with Gasteiger partial charge in [0.1, 0.15) is 5.75 Å². The van der Waals surface area contributed by atoms with Crippen molar-refractivity contribution in [2.45, 2.75) is 31.2 Å². The Morgan fingerprint density at radius 3 is 2.30 bits per heavy atom. The van der Waals surface area contributed by atoms with Crippen LogP contribution in [0.25, 0.3) is 0 Å². The zero-order chi connectivity index (χ0) is 19.7. The Kier molecular flexibility index (Phi) is 5.26. The van der Waals surface area contributed by atoms with Gasteiger partial charge in [-0.2, -0.15) is 26.3 Å². The Hall–Kier alpha value is -2.38. The van der Waals surface area contributed by atoms with Crippen LogP contribution >= 0.6 is 0 Å². The number of ether oxygens (including phenoxy) is 1. The van der Waals surface area contributed by atoms with E-state index < -0.39 is 24.5 Å². The summed E-state index contributed by atoms with van der Waals surface area (Å²) in [7, 11) is 0. The minimum absolute atomic E-state index is 0.115. The Bertz CT molecular complexity index is 769. The first-order valence-corrected chi connectivity index (χ1v) is 8.37. The van der Waals surface area contributed by atoms with Crippen LogP contribution in [-0.4, -0.2) is 19.3 Å². The van der Waals surface area contributed by atoms with Crippen molar-refractivity contribution in [3.8, 4) is 5.75 Å². The molecule has 2 nitrogen and oxygen atoms in total. The fourth-order valence-corrected chi connectivity index (χ4v) is 3.24. The van der Waals surface area contributed by atoms with E-state index in [0.717, 1.165) is 30.5 Å². The molecule has 0 aliphatic carbocycles. The van der Waals surface area contributed by atoms with Crippen LogP contribution in [0.5, 0.6) is 5.75 Å². The van der Waals surface area contributed by atoms with Crippen molar-refractivity contribution in [1.29, 1.82) is 0 Å². The molecular weight excluding hydrogens is 372 g/mol. The summed E-state index contributed by atoms with van der Waals surface area (Å²) in [5.41, 5.74) is 0.698. The topological polar surface area (TPSA) is 12.5 Å². The van der Waals surface area contributed by atoms with Gasteiger partial charge < -0.3 is 9.64 Å². The minimum atomic E-state index is -4.42. The van der Waals surface area contributed by atoms with Crippen LogP contribution in [0.1, 0.15) is 30.0 Å². The molecule has 0 bridgehead atoms. The van der Waals surface area contributed by atoms with Crippen molar-refractivity contribution >= 4 is 5.69 Å². The van der Waals surface area contributed by atoms with Gasteiger partial charge in [0.05, 0.1) is 11.6 Å². The van der Waals surface area contributed by atoms with E-state index in [9.17, 15) is 26.3 Å². The molecule has 0 aromatic heterocycles. The number of benzene rings is 2. The lowest BCUT2D eigenvalue weighted by molar-refractivity contribution is -0.153. The monoisotopic (exact) mass is 389 g/mol. The summed E-state index contributed by atoms with van der Waals surface area (Å²) in [5.74, 6) is 0.115. The number of hydrogen-bond acceptors (Lipinski definition) is 2. The molecule has 3 rings (SSSR count). The molecule has 2 aromatic carbocycles. The summed E-state index contributed by atoms with van der Waals surface area (Å²) < 4.78 is 80.0. The quantitative estimate of drug-likeness (QED) is 0.596. The Morgan fingerprint density at radius 1 is 0.963 bits per heavy atom. The summed E-state index contributed by atoms with van der Waals surface area (Å²) in [6.45, 7) is -0.715. The first-order chi connectivity index (χ1) is 12.6. The average molecular weight is 389 g/mol. The van der Waals surface area contributed by atoms with Gasteiger partial charge in [-0.05, 0) is 54.8 Å². The molecule has 8 heteroatoms. The van der Waals surface area contributed by atoms with Crippen molar-refractivity contribution < 1.29 is 31.1 Å². The van der Waals surface area contributed by atoms with Crippen molar-refractivity contribution in [3.63, 3.8) is 0 Å². The summed E-state index contributed by atoms with van der Waals surface area (Å²) in [6.07, 6.45) is -7.23. The van der Waals surface area contributed by atoms with Gasteiger partial charge in [-0.15, -0.1) is 0 Å². The van der Waals surface area contributed by atoms with Crippen LogP contribution in [-0.2, 0) is 6.18 Å². The van der Waals surface area contributed by atoms with E-state index in [1.807, 2.05) is 4.90 Å². The first kappa shape index (κ1) is 19.4. The Labute approximate surface area is 152 Å². The van der Waals surface area contributed by atoms with E-state index >= 15 is 0 Å². The van der Waals surface area contributed by atoms with Gasteiger partial charge >= 0.3 is 12.4 Å². The molecule has 1 fully saturated rings. The number of nitrogens with zero attached hydrogens (tertiary/aromatic N) is 1. The maximum absolute atomic E-state index is 12.7. The van der Waals surface area contributed by atoms with Crippen molar-refractivity contribution in [1.82, 2.24) is 0 Å². The third-order valence-electron chi connectivity index (χ3n) is 4.42. The fourth-order valence-electron chi connectivity index (χ4n) is 3.24. The van der Waals surface area contributed by atoms with Crippen molar-refractivity contribution in [2.24, 2.45) is 0 Å². The van der Waals surface area contributed by atoms with Crippen LogP contribution in [0.3, 0.4) is 0 Å². The van der Waals surface area contributed by atoms with Gasteiger partial charge in [0.2, 0.25) is 0 Å². The lowest BCUT2D eigenvalue weighted by Crippen LogP contribution is -2.23. The third-order valence-corrected chi connectivity index (χ3v) is 4.42. The van der Waals surface area contributed by atoms with Crippen LogP contribution in [0.4, 0.5) is 32.0 Å². The highest BCUT2D eigenvalue weighted by Gasteiger charge is 2.32. The predicted molar refractivity (Wildman–Crippen MR) is 88.8 cm³/mol. The molecule has 146 valence electrons. The van der Waals surface area contributed by atoms with Gasteiger partial charge in [-0.1, -0.05) is 12.1 Å². The second-order valence-electron chi connectivity index (χ2n) is 6.37. The van der Waals surface area contributed by atoms with Crippen LogP contribution in [0.2, 0.25) is 0 Å². The Balaban J connectivity index is 1.78. The van der Waals surface area contributed by atoms with Gasteiger partial charge in [0.25, 0.3) is 0 Å². The molecule has 1 atom stereocenters. The minimum Gasteiger partial charge on any atom is -0.484 e. The van der Waals surface area contributed by atoms with Gasteiger partial charge in [-0.3, -0.25) is 0 Å². The van der Waals surface area contributed by atoms with E-state index in [2.05, 4.69) is 0 Å². The zero-order valence-electron chi connectivity index (χ0n) is 14.1. The van der Waals surface area contributed by atoms with E-state index in [1.54, 1.807) is 18.2 Å². The second kappa shape index (κ2) is 7.32. The van der Waals surface area contributed by atoms with E-state index in [1.165, 1.54) is 18.2 Å². The van der Waals surface area contributed by atoms with E-state index in [4.69, 9.17) is 4.74 Å². The third kappa shape index (κ3) is 4.87. The number of halogens is 6. The van der Waals surface area contributed by atoms with Gasteiger partial charge in [0, 0.05) is 12.2 Å². The molecule has 0 unspecified atom stereocenters. The number of alkyl halides is 6. The van der Waals surface area contributed by atoms with E-state index in [0.29, 0.717) is 12.2 Å². The van der Waals surface area contributed by atoms with Crippen LogP contribution in [0, 0.1) is 0 Å². The summed E-state index contributed by atoms with van der Waals surface area (Å²) in [6, 6.07) is 11.2. The van der Waals surface area contributed by atoms with Gasteiger partial charge in [-0.25, -0.2) is 0 Å². The molecule has 0 N–H and O–H groups in total. The molecule has 1 aliphatic heterocycles. The predicted octanol–water partition coefficient (Wildman–Crippen LogP) is 5.99.